The number of nitrogens with one attached hydrogen (secondary N) is 1. The smallest absolute Gasteiger partial charge is 0.320 e. The van der Waals surface area contributed by atoms with Gasteiger partial charge in [-0.1, -0.05) is 31.7 Å². The zero-order valence-corrected chi connectivity index (χ0v) is 17.4. The lowest BCUT2D eigenvalue weighted by Gasteiger charge is -2.27. The molecule has 2 aromatic heterocycles. The van der Waals surface area contributed by atoms with Crippen molar-refractivity contribution in [2.45, 2.75) is 63.5 Å². The lowest BCUT2D eigenvalue weighted by molar-refractivity contribution is 0.0930. The molecular formula is C22H31N5O2. The van der Waals surface area contributed by atoms with Gasteiger partial charge in [0, 0.05) is 32.9 Å². The molecular weight excluding hydrogens is 366 g/mol. The van der Waals surface area contributed by atoms with Crippen LogP contribution in [0.3, 0.4) is 0 Å². The van der Waals surface area contributed by atoms with Crippen LogP contribution in [0.25, 0.3) is 5.52 Å². The fourth-order valence-corrected chi connectivity index (χ4v) is 4.66. The Morgan fingerprint density at radius 1 is 1.07 bits per heavy atom. The van der Waals surface area contributed by atoms with Crippen LogP contribution >= 0.6 is 0 Å². The number of urea groups is 1. The number of hydrogen-bond donors (Lipinski definition) is 1. The number of nitrogens with zero attached hydrogens (tertiary/aromatic N) is 4. The van der Waals surface area contributed by atoms with E-state index >= 15 is 0 Å². The van der Waals surface area contributed by atoms with E-state index in [1.54, 1.807) is 19.0 Å². The highest BCUT2D eigenvalue weighted by atomic mass is 16.2. The maximum Gasteiger partial charge on any atom is 0.320 e. The molecule has 1 atom stereocenters. The van der Waals surface area contributed by atoms with Gasteiger partial charge < -0.3 is 19.5 Å². The molecule has 1 aliphatic carbocycles. The number of hydrogen-bond acceptors (Lipinski definition) is 3. The summed E-state index contributed by atoms with van der Waals surface area (Å²) < 4.78 is 1.98. The zero-order chi connectivity index (χ0) is 20.4. The van der Waals surface area contributed by atoms with Gasteiger partial charge in [0.05, 0.1) is 11.6 Å². The van der Waals surface area contributed by atoms with Crippen LogP contribution in [0.4, 0.5) is 4.79 Å². The summed E-state index contributed by atoms with van der Waals surface area (Å²) in [6.07, 6.45) is 10.7. The first-order chi connectivity index (χ1) is 14.1. The van der Waals surface area contributed by atoms with Crippen LogP contribution in [0, 0.1) is 0 Å². The van der Waals surface area contributed by atoms with Gasteiger partial charge in [0.1, 0.15) is 5.82 Å². The maximum absolute atomic E-state index is 13.1. The van der Waals surface area contributed by atoms with E-state index in [2.05, 4.69) is 5.32 Å². The van der Waals surface area contributed by atoms with Crippen molar-refractivity contribution in [3.05, 3.63) is 35.9 Å². The fourth-order valence-electron chi connectivity index (χ4n) is 4.66. The summed E-state index contributed by atoms with van der Waals surface area (Å²) in [5.41, 5.74) is 1.27. The van der Waals surface area contributed by atoms with E-state index in [1.807, 2.05) is 33.7 Å². The van der Waals surface area contributed by atoms with Gasteiger partial charge in [0.25, 0.3) is 5.91 Å². The van der Waals surface area contributed by atoms with Crippen LogP contribution in [-0.4, -0.2) is 57.8 Å². The van der Waals surface area contributed by atoms with Gasteiger partial charge in [0.15, 0.2) is 5.69 Å². The number of pyridine rings is 1. The monoisotopic (exact) mass is 397 g/mol. The molecule has 7 heteroatoms. The molecule has 29 heavy (non-hydrogen) atoms. The lowest BCUT2D eigenvalue weighted by Crippen LogP contribution is -2.39. The quantitative estimate of drug-likeness (QED) is 0.805. The first kappa shape index (κ1) is 19.7. The van der Waals surface area contributed by atoms with E-state index in [9.17, 15) is 9.59 Å². The molecule has 1 saturated carbocycles. The van der Waals surface area contributed by atoms with E-state index in [4.69, 9.17) is 4.98 Å². The van der Waals surface area contributed by atoms with E-state index < -0.39 is 0 Å². The minimum atomic E-state index is -0.112. The molecule has 2 aliphatic rings. The number of likely N-dealkylation sites (tertiary alicyclic amines) is 1. The SMILES string of the molecule is CN(C)C(=O)N1CCC[C@@H]1c1nc(C(=O)NC2CCCCCC2)c2ccccn12. The van der Waals surface area contributed by atoms with Crippen LogP contribution in [0.5, 0.6) is 0 Å². The van der Waals surface area contributed by atoms with Crippen LogP contribution in [0.15, 0.2) is 24.4 Å². The summed E-state index contributed by atoms with van der Waals surface area (Å²) in [6.45, 7) is 0.715. The summed E-state index contributed by atoms with van der Waals surface area (Å²) >= 11 is 0. The van der Waals surface area contributed by atoms with Crippen LogP contribution in [0.1, 0.15) is 73.7 Å². The van der Waals surface area contributed by atoms with Crippen LogP contribution in [0.2, 0.25) is 0 Å². The molecule has 2 aromatic rings. The minimum absolute atomic E-state index is 0.00959. The highest BCUT2D eigenvalue weighted by molar-refractivity contribution is 5.99. The topological polar surface area (TPSA) is 70.0 Å². The van der Waals surface area contributed by atoms with Crippen molar-refractivity contribution >= 4 is 17.5 Å². The largest absolute Gasteiger partial charge is 0.348 e. The Kier molecular flexibility index (Phi) is 5.74. The number of fused-ring (bicyclic) bond motifs is 1. The molecule has 0 bridgehead atoms. The molecule has 0 unspecified atom stereocenters. The van der Waals surface area contributed by atoms with Gasteiger partial charge >= 0.3 is 6.03 Å². The molecule has 1 aliphatic heterocycles. The molecule has 4 rings (SSSR count). The predicted molar refractivity (Wildman–Crippen MR) is 112 cm³/mol. The molecule has 0 aromatic carbocycles. The summed E-state index contributed by atoms with van der Waals surface area (Å²) in [5, 5.41) is 3.22. The Morgan fingerprint density at radius 2 is 1.83 bits per heavy atom. The third-order valence-electron chi connectivity index (χ3n) is 6.16. The molecule has 1 N–H and O–H groups in total. The van der Waals surface area contributed by atoms with Gasteiger partial charge in [-0.3, -0.25) is 4.79 Å². The van der Waals surface area contributed by atoms with E-state index in [0.29, 0.717) is 12.2 Å². The van der Waals surface area contributed by atoms with Crippen molar-refractivity contribution in [1.82, 2.24) is 24.5 Å². The standard InChI is InChI=1S/C22H31N5O2/c1-25(2)22(29)27-15-9-13-18(27)20-24-19(17-12-7-8-14-26(17)20)21(28)23-16-10-5-3-4-6-11-16/h7-8,12,14,16,18H,3-6,9-11,13,15H2,1-2H3,(H,23,28)/t18-/m1/s1. The first-order valence-electron chi connectivity index (χ1n) is 10.8. The van der Waals surface area contributed by atoms with Crippen molar-refractivity contribution in [1.29, 1.82) is 0 Å². The second kappa shape index (κ2) is 8.43. The van der Waals surface area contributed by atoms with Crippen molar-refractivity contribution in [3.8, 4) is 0 Å². The van der Waals surface area contributed by atoms with E-state index in [0.717, 1.165) is 37.0 Å². The highest BCUT2D eigenvalue weighted by Crippen LogP contribution is 2.33. The van der Waals surface area contributed by atoms with Gasteiger partial charge in [-0.2, -0.15) is 0 Å². The third-order valence-corrected chi connectivity index (χ3v) is 6.16. The fraction of sp³-hybridized carbons (Fsp3) is 0.591. The molecule has 3 heterocycles. The summed E-state index contributed by atoms with van der Waals surface area (Å²) in [7, 11) is 3.54. The molecule has 2 fully saturated rings. The maximum atomic E-state index is 13.1. The Hall–Kier alpha value is -2.57. The number of carbonyl (C=O) groups is 2. The molecule has 0 radical (unpaired) electrons. The van der Waals surface area contributed by atoms with Gasteiger partial charge in [0.2, 0.25) is 0 Å². The van der Waals surface area contributed by atoms with Crippen molar-refractivity contribution in [3.63, 3.8) is 0 Å². The number of rotatable bonds is 3. The molecule has 3 amide bonds. The molecule has 0 spiro atoms. The predicted octanol–water partition coefficient (Wildman–Crippen LogP) is 3.61. The lowest BCUT2D eigenvalue weighted by atomic mass is 10.1. The van der Waals surface area contributed by atoms with Gasteiger partial charge in [-0.05, 0) is 37.8 Å². The number of carbonyl (C=O) groups excluding carboxylic acids is 2. The molecule has 156 valence electrons. The summed E-state index contributed by atoms with van der Waals surface area (Å²) in [6, 6.07) is 5.92. The van der Waals surface area contributed by atoms with Gasteiger partial charge in [-0.25, -0.2) is 9.78 Å². The van der Waals surface area contributed by atoms with E-state index in [1.165, 1.54) is 25.7 Å². The molecule has 7 nitrogen and oxygen atoms in total. The van der Waals surface area contributed by atoms with Crippen molar-refractivity contribution in [2.75, 3.05) is 20.6 Å². The normalized spacial score (nSPS) is 20.6. The zero-order valence-electron chi connectivity index (χ0n) is 17.4. The average Bonchev–Trinajstić information content (AvgIpc) is 3.25. The van der Waals surface area contributed by atoms with Crippen molar-refractivity contribution < 1.29 is 9.59 Å². The summed E-state index contributed by atoms with van der Waals surface area (Å²) in [5.74, 6) is 0.676. The Morgan fingerprint density at radius 3 is 2.55 bits per heavy atom. The Bertz CT molecular complexity index is 882. The molecule has 1 saturated heterocycles. The second-order valence-electron chi connectivity index (χ2n) is 8.46. The third kappa shape index (κ3) is 3.95. The minimum Gasteiger partial charge on any atom is -0.348 e. The van der Waals surface area contributed by atoms with Crippen molar-refractivity contribution in [2.24, 2.45) is 0 Å². The van der Waals surface area contributed by atoms with Crippen LogP contribution < -0.4 is 5.32 Å². The number of amides is 3. The Labute approximate surface area is 172 Å². The number of aromatic nitrogens is 2. The summed E-state index contributed by atoms with van der Waals surface area (Å²) in [4.78, 5) is 34.0. The number of imidazole rings is 1. The second-order valence-corrected chi connectivity index (χ2v) is 8.46. The Balaban J connectivity index is 1.64. The van der Waals surface area contributed by atoms with E-state index in [-0.39, 0.29) is 24.0 Å². The van der Waals surface area contributed by atoms with Crippen LogP contribution in [-0.2, 0) is 0 Å². The first-order valence-corrected chi connectivity index (χ1v) is 10.8. The van der Waals surface area contributed by atoms with Gasteiger partial charge in [-0.15, -0.1) is 0 Å². The highest BCUT2D eigenvalue weighted by Gasteiger charge is 2.35. The average molecular weight is 398 g/mol.